The number of alkyl halides is 3. The van der Waals surface area contributed by atoms with E-state index in [0.29, 0.717) is 11.4 Å². The van der Waals surface area contributed by atoms with Gasteiger partial charge in [-0.15, -0.1) is 0 Å². The third-order valence-electron chi connectivity index (χ3n) is 4.04. The Morgan fingerprint density at radius 1 is 1.04 bits per heavy atom. The van der Waals surface area contributed by atoms with Crippen molar-refractivity contribution in [2.24, 2.45) is 0 Å². The number of nitrogens with zero attached hydrogens (tertiary/aromatic N) is 1. The number of carbonyl (C=O) groups excluding carboxylic acids is 1. The summed E-state index contributed by atoms with van der Waals surface area (Å²) in [7, 11) is -3.41. The molecule has 5 nitrogen and oxygen atoms in total. The van der Waals surface area contributed by atoms with Crippen molar-refractivity contribution in [3.63, 3.8) is 0 Å². The molecule has 0 unspecified atom stereocenters. The molecule has 0 atom stereocenters. The van der Waals surface area contributed by atoms with Gasteiger partial charge in [-0.25, -0.2) is 8.42 Å². The monoisotopic (exact) mass is 398 g/mol. The van der Waals surface area contributed by atoms with Crippen molar-refractivity contribution < 1.29 is 26.4 Å². The highest BCUT2D eigenvalue weighted by molar-refractivity contribution is 7.92. The van der Waals surface area contributed by atoms with Gasteiger partial charge in [0, 0.05) is 23.0 Å². The summed E-state index contributed by atoms with van der Waals surface area (Å²) in [5.74, 6) is -0.393. The first-order chi connectivity index (χ1) is 12.5. The molecule has 1 N–H and O–H groups in total. The maximum absolute atomic E-state index is 12.8. The summed E-state index contributed by atoms with van der Waals surface area (Å²) in [6.07, 6.45) is -1.82. The Morgan fingerprint density at radius 2 is 1.59 bits per heavy atom. The average Bonchev–Trinajstić information content (AvgIpc) is 3.39. The lowest BCUT2D eigenvalue weighted by Crippen LogP contribution is -2.33. The highest BCUT2D eigenvalue weighted by Crippen LogP contribution is 2.34. The molecule has 0 aromatic heterocycles. The zero-order valence-corrected chi connectivity index (χ0v) is 15.1. The van der Waals surface area contributed by atoms with Gasteiger partial charge in [-0.1, -0.05) is 0 Å². The zero-order chi connectivity index (χ0) is 19.8. The van der Waals surface area contributed by atoms with Gasteiger partial charge in [0.1, 0.15) is 0 Å². The minimum Gasteiger partial charge on any atom is -0.305 e. The first kappa shape index (κ1) is 19.2. The summed E-state index contributed by atoms with van der Waals surface area (Å²) in [4.78, 5) is 14.4. The van der Waals surface area contributed by atoms with Crippen molar-refractivity contribution >= 4 is 27.3 Å². The third kappa shape index (κ3) is 4.79. The van der Waals surface area contributed by atoms with Gasteiger partial charge in [-0.05, 0) is 61.4 Å². The summed E-state index contributed by atoms with van der Waals surface area (Å²) < 4.78 is 63.0. The van der Waals surface area contributed by atoms with E-state index < -0.39 is 27.7 Å². The smallest absolute Gasteiger partial charge is 0.305 e. The van der Waals surface area contributed by atoms with Crippen LogP contribution >= 0.6 is 0 Å². The Hall–Kier alpha value is -2.55. The zero-order valence-electron chi connectivity index (χ0n) is 14.3. The van der Waals surface area contributed by atoms with Crippen LogP contribution in [0.5, 0.6) is 0 Å². The van der Waals surface area contributed by atoms with E-state index in [2.05, 4.69) is 4.72 Å². The number of anilines is 2. The van der Waals surface area contributed by atoms with E-state index in [0.717, 1.165) is 31.2 Å². The predicted octanol–water partition coefficient (Wildman–Crippen LogP) is 3.89. The van der Waals surface area contributed by atoms with Crippen LogP contribution in [0, 0.1) is 0 Å². The highest BCUT2D eigenvalue weighted by atomic mass is 32.2. The molecule has 2 aromatic carbocycles. The van der Waals surface area contributed by atoms with Gasteiger partial charge in [-0.3, -0.25) is 9.52 Å². The lowest BCUT2D eigenvalue weighted by Gasteiger charge is -2.23. The Labute approximate surface area is 154 Å². The number of hydrogen-bond acceptors (Lipinski definition) is 3. The fourth-order valence-corrected chi connectivity index (χ4v) is 3.24. The molecule has 144 valence electrons. The summed E-state index contributed by atoms with van der Waals surface area (Å²) >= 11 is 0. The SMILES string of the molecule is CS(=O)(=O)Nc1ccc(N(C(=O)c2ccc(C(F)(F)F)cc2)C2CC2)cc1. The minimum absolute atomic E-state index is 0.0199. The van der Waals surface area contributed by atoms with Crippen LogP contribution in [0.4, 0.5) is 24.5 Å². The van der Waals surface area contributed by atoms with Crippen LogP contribution in [-0.2, 0) is 16.2 Å². The maximum Gasteiger partial charge on any atom is 0.416 e. The van der Waals surface area contributed by atoms with Gasteiger partial charge in [0.2, 0.25) is 10.0 Å². The Kier molecular flexibility index (Phi) is 4.90. The molecule has 1 aliphatic rings. The van der Waals surface area contributed by atoms with Gasteiger partial charge in [-0.2, -0.15) is 13.2 Å². The molecule has 0 spiro atoms. The van der Waals surface area contributed by atoms with Crippen molar-refractivity contribution in [1.82, 2.24) is 0 Å². The van der Waals surface area contributed by atoms with Gasteiger partial charge in [0.25, 0.3) is 5.91 Å². The second kappa shape index (κ2) is 6.88. The lowest BCUT2D eigenvalue weighted by molar-refractivity contribution is -0.137. The normalized spacial score (nSPS) is 14.7. The van der Waals surface area contributed by atoms with Crippen LogP contribution in [0.15, 0.2) is 48.5 Å². The molecule has 3 rings (SSSR count). The van der Waals surface area contributed by atoms with E-state index >= 15 is 0 Å². The minimum atomic E-state index is -4.46. The Balaban J connectivity index is 1.84. The molecule has 0 heterocycles. The van der Waals surface area contributed by atoms with Crippen molar-refractivity contribution in [3.8, 4) is 0 Å². The number of carbonyl (C=O) groups is 1. The third-order valence-corrected chi connectivity index (χ3v) is 4.65. The number of benzene rings is 2. The highest BCUT2D eigenvalue weighted by Gasteiger charge is 2.35. The van der Waals surface area contributed by atoms with Gasteiger partial charge >= 0.3 is 6.18 Å². The number of halogens is 3. The van der Waals surface area contributed by atoms with E-state index in [1.165, 1.54) is 29.2 Å². The standard InChI is InChI=1S/C18H17F3N2O3S/c1-27(25,26)22-14-6-8-15(9-7-14)23(16-10-11-16)17(24)12-2-4-13(5-3-12)18(19,20)21/h2-9,16,22H,10-11H2,1H3. The number of sulfonamides is 1. The summed E-state index contributed by atoms with van der Waals surface area (Å²) in [5, 5.41) is 0. The van der Waals surface area contributed by atoms with Crippen LogP contribution in [0.1, 0.15) is 28.8 Å². The lowest BCUT2D eigenvalue weighted by atomic mass is 10.1. The summed E-state index contributed by atoms with van der Waals surface area (Å²) in [6, 6.07) is 10.4. The number of hydrogen-bond donors (Lipinski definition) is 1. The molecule has 0 radical (unpaired) electrons. The van der Waals surface area contributed by atoms with Crippen LogP contribution in [-0.4, -0.2) is 26.6 Å². The van der Waals surface area contributed by atoms with Crippen LogP contribution < -0.4 is 9.62 Å². The van der Waals surface area contributed by atoms with Crippen molar-refractivity contribution in [2.45, 2.75) is 25.1 Å². The van der Waals surface area contributed by atoms with Crippen molar-refractivity contribution in [1.29, 1.82) is 0 Å². The van der Waals surface area contributed by atoms with E-state index in [4.69, 9.17) is 0 Å². The molecule has 0 bridgehead atoms. The topological polar surface area (TPSA) is 66.5 Å². The van der Waals surface area contributed by atoms with Crippen LogP contribution in [0.25, 0.3) is 0 Å². The number of amides is 1. The fraction of sp³-hybridized carbons (Fsp3) is 0.278. The Morgan fingerprint density at radius 3 is 2.04 bits per heavy atom. The number of nitrogens with one attached hydrogen (secondary N) is 1. The maximum atomic E-state index is 12.8. The average molecular weight is 398 g/mol. The quantitative estimate of drug-likeness (QED) is 0.831. The molecule has 9 heteroatoms. The molecule has 1 saturated carbocycles. The largest absolute Gasteiger partial charge is 0.416 e. The Bertz CT molecular complexity index is 935. The predicted molar refractivity (Wildman–Crippen MR) is 96.2 cm³/mol. The van der Waals surface area contributed by atoms with Crippen LogP contribution in [0.2, 0.25) is 0 Å². The van der Waals surface area contributed by atoms with E-state index in [1.54, 1.807) is 12.1 Å². The van der Waals surface area contributed by atoms with Crippen molar-refractivity contribution in [2.75, 3.05) is 15.9 Å². The number of rotatable bonds is 5. The van der Waals surface area contributed by atoms with Gasteiger partial charge in [0.05, 0.1) is 11.8 Å². The van der Waals surface area contributed by atoms with E-state index in [-0.39, 0.29) is 11.6 Å². The molecule has 2 aromatic rings. The van der Waals surface area contributed by atoms with Gasteiger partial charge < -0.3 is 4.90 Å². The van der Waals surface area contributed by atoms with Crippen molar-refractivity contribution in [3.05, 3.63) is 59.7 Å². The molecule has 0 saturated heterocycles. The molecule has 27 heavy (non-hydrogen) atoms. The molecule has 0 aliphatic heterocycles. The molecule has 1 fully saturated rings. The first-order valence-electron chi connectivity index (χ1n) is 8.13. The summed E-state index contributed by atoms with van der Waals surface area (Å²) in [6.45, 7) is 0. The molecule has 1 amide bonds. The second-order valence-electron chi connectivity index (χ2n) is 6.40. The summed E-state index contributed by atoms with van der Waals surface area (Å²) in [5.41, 5.74) is 0.266. The first-order valence-corrected chi connectivity index (χ1v) is 10.0. The molecular formula is C18H17F3N2O3S. The van der Waals surface area contributed by atoms with Crippen LogP contribution in [0.3, 0.4) is 0 Å². The van der Waals surface area contributed by atoms with E-state index in [9.17, 15) is 26.4 Å². The van der Waals surface area contributed by atoms with E-state index in [1.807, 2.05) is 0 Å². The molecular weight excluding hydrogens is 381 g/mol. The fourth-order valence-electron chi connectivity index (χ4n) is 2.67. The second-order valence-corrected chi connectivity index (χ2v) is 8.15. The molecule has 1 aliphatic carbocycles. The van der Waals surface area contributed by atoms with Gasteiger partial charge in [0.15, 0.2) is 0 Å².